The maximum Gasteiger partial charge on any atom is 0.163 e. The maximum atomic E-state index is 13.2. The molecule has 0 spiro atoms. The first kappa shape index (κ1) is 21.6. The van der Waals surface area contributed by atoms with Crippen LogP contribution in [0.3, 0.4) is 0 Å². The Morgan fingerprint density at radius 2 is 1.74 bits per heavy atom. The minimum atomic E-state index is 0.0394. The van der Waals surface area contributed by atoms with Crippen molar-refractivity contribution in [3.63, 3.8) is 0 Å². The Morgan fingerprint density at radius 1 is 1.06 bits per heavy atom. The highest BCUT2D eigenvalue weighted by atomic mass is 16.5. The molecular formula is C27H32N2O2. The molecule has 1 saturated carbocycles. The van der Waals surface area contributed by atoms with Crippen molar-refractivity contribution in [1.82, 2.24) is 5.32 Å². The lowest BCUT2D eigenvalue weighted by Crippen LogP contribution is -2.57. The van der Waals surface area contributed by atoms with E-state index in [2.05, 4.69) is 39.1 Å². The SMILES string of the molecule is CC1(C)CC(CC(=O)c2ccc(Oc3ccccc3C#N)c(C3CC3)c2)CC(C)(C)N1. The summed E-state index contributed by atoms with van der Waals surface area (Å²) in [5.41, 5.74) is 2.46. The Hall–Kier alpha value is -2.64. The number of ketones is 1. The van der Waals surface area contributed by atoms with Crippen LogP contribution in [0.4, 0.5) is 0 Å². The Kier molecular flexibility index (Phi) is 5.66. The fourth-order valence-corrected chi connectivity index (χ4v) is 5.35. The van der Waals surface area contributed by atoms with Gasteiger partial charge in [-0.05, 0) is 101 Å². The Labute approximate surface area is 185 Å². The molecule has 0 aromatic heterocycles. The van der Waals surface area contributed by atoms with Gasteiger partial charge in [-0.2, -0.15) is 5.26 Å². The lowest BCUT2D eigenvalue weighted by Gasteiger charge is -2.46. The van der Waals surface area contributed by atoms with E-state index in [-0.39, 0.29) is 16.9 Å². The topological polar surface area (TPSA) is 62.1 Å². The fraction of sp³-hybridized carbons (Fsp3) is 0.481. The lowest BCUT2D eigenvalue weighted by atomic mass is 9.74. The normalized spacial score (nSPS) is 20.1. The van der Waals surface area contributed by atoms with Gasteiger partial charge in [-0.1, -0.05) is 12.1 Å². The predicted molar refractivity (Wildman–Crippen MR) is 123 cm³/mol. The Balaban J connectivity index is 1.54. The third kappa shape index (κ3) is 5.17. The molecule has 0 atom stereocenters. The number of ether oxygens (including phenoxy) is 1. The van der Waals surface area contributed by atoms with Gasteiger partial charge >= 0.3 is 0 Å². The van der Waals surface area contributed by atoms with E-state index in [1.165, 1.54) is 0 Å². The first-order chi connectivity index (χ1) is 14.7. The van der Waals surface area contributed by atoms with Gasteiger partial charge in [0.25, 0.3) is 0 Å². The van der Waals surface area contributed by atoms with Crippen molar-refractivity contribution in [2.24, 2.45) is 5.92 Å². The molecule has 31 heavy (non-hydrogen) atoms. The van der Waals surface area contributed by atoms with Crippen molar-refractivity contribution in [2.45, 2.75) is 76.8 Å². The summed E-state index contributed by atoms with van der Waals surface area (Å²) in [6.45, 7) is 8.90. The van der Waals surface area contributed by atoms with Crippen LogP contribution in [0.15, 0.2) is 42.5 Å². The quantitative estimate of drug-likeness (QED) is 0.557. The second kappa shape index (κ2) is 8.13. The van der Waals surface area contributed by atoms with Crippen LogP contribution < -0.4 is 10.1 Å². The Bertz CT molecular complexity index is 1010. The lowest BCUT2D eigenvalue weighted by molar-refractivity contribution is 0.0864. The van der Waals surface area contributed by atoms with E-state index in [1.54, 1.807) is 6.07 Å². The van der Waals surface area contributed by atoms with Crippen LogP contribution in [-0.2, 0) is 0 Å². The zero-order valence-electron chi connectivity index (χ0n) is 19.0. The summed E-state index contributed by atoms with van der Waals surface area (Å²) in [5.74, 6) is 2.34. The number of nitriles is 1. The number of nitrogens with one attached hydrogen (secondary N) is 1. The maximum absolute atomic E-state index is 13.2. The molecule has 2 fully saturated rings. The second-order valence-electron chi connectivity index (χ2n) is 10.5. The van der Waals surface area contributed by atoms with Crippen LogP contribution in [0.25, 0.3) is 0 Å². The van der Waals surface area contributed by atoms with Gasteiger partial charge in [0.05, 0.1) is 5.56 Å². The average molecular weight is 417 g/mol. The third-order valence-electron chi connectivity index (χ3n) is 6.33. The van der Waals surface area contributed by atoms with Gasteiger partial charge in [-0.25, -0.2) is 0 Å². The molecule has 4 heteroatoms. The van der Waals surface area contributed by atoms with Gasteiger partial charge in [0, 0.05) is 23.1 Å². The summed E-state index contributed by atoms with van der Waals surface area (Å²) in [6.07, 6.45) is 4.82. The van der Waals surface area contributed by atoms with Gasteiger partial charge in [0.1, 0.15) is 17.6 Å². The van der Waals surface area contributed by atoms with Crippen molar-refractivity contribution in [3.05, 3.63) is 59.2 Å². The number of rotatable bonds is 6. The number of Topliss-reactive ketones (excluding diaryl/α,β-unsaturated/α-hetero) is 1. The molecule has 0 bridgehead atoms. The van der Waals surface area contributed by atoms with E-state index in [4.69, 9.17) is 4.74 Å². The molecule has 1 aliphatic carbocycles. The molecule has 1 saturated heterocycles. The van der Waals surface area contributed by atoms with Crippen LogP contribution in [0.2, 0.25) is 0 Å². The molecule has 1 heterocycles. The number of piperidine rings is 1. The minimum absolute atomic E-state index is 0.0394. The molecule has 2 aromatic rings. The van der Waals surface area contributed by atoms with Crippen molar-refractivity contribution < 1.29 is 9.53 Å². The number of hydrogen-bond donors (Lipinski definition) is 1. The zero-order chi connectivity index (χ0) is 22.2. The predicted octanol–water partition coefficient (Wildman–Crippen LogP) is 6.36. The summed E-state index contributed by atoms with van der Waals surface area (Å²) in [6, 6.07) is 15.3. The highest BCUT2D eigenvalue weighted by Crippen LogP contribution is 2.46. The molecule has 1 N–H and O–H groups in total. The first-order valence-electron chi connectivity index (χ1n) is 11.3. The van der Waals surface area contributed by atoms with Crippen LogP contribution in [0, 0.1) is 17.2 Å². The summed E-state index contributed by atoms with van der Waals surface area (Å²) in [7, 11) is 0. The number of nitrogens with zero attached hydrogens (tertiary/aromatic N) is 1. The molecular weight excluding hydrogens is 384 g/mol. The molecule has 4 rings (SSSR count). The summed E-state index contributed by atoms with van der Waals surface area (Å²) in [4.78, 5) is 13.2. The second-order valence-corrected chi connectivity index (χ2v) is 10.5. The number of carbonyl (C=O) groups excluding carboxylic acids is 1. The zero-order valence-corrected chi connectivity index (χ0v) is 19.0. The highest BCUT2D eigenvalue weighted by molar-refractivity contribution is 5.96. The number of para-hydroxylation sites is 1. The fourth-order valence-electron chi connectivity index (χ4n) is 5.35. The number of benzene rings is 2. The van der Waals surface area contributed by atoms with Crippen LogP contribution >= 0.6 is 0 Å². The van der Waals surface area contributed by atoms with Gasteiger partial charge in [0.15, 0.2) is 5.78 Å². The summed E-state index contributed by atoms with van der Waals surface area (Å²) >= 11 is 0. The van der Waals surface area contributed by atoms with Crippen LogP contribution in [0.1, 0.15) is 87.2 Å². The third-order valence-corrected chi connectivity index (χ3v) is 6.33. The molecule has 162 valence electrons. The molecule has 2 aromatic carbocycles. The van der Waals surface area contributed by atoms with E-state index in [1.807, 2.05) is 36.4 Å². The molecule has 2 aliphatic rings. The van der Waals surface area contributed by atoms with E-state index >= 15 is 0 Å². The molecule has 4 nitrogen and oxygen atoms in total. The molecule has 0 amide bonds. The summed E-state index contributed by atoms with van der Waals surface area (Å²) in [5, 5.41) is 13.1. The van der Waals surface area contributed by atoms with Gasteiger partial charge in [-0.15, -0.1) is 0 Å². The first-order valence-corrected chi connectivity index (χ1v) is 11.3. The monoisotopic (exact) mass is 416 g/mol. The van der Waals surface area contributed by atoms with Gasteiger partial charge in [0.2, 0.25) is 0 Å². The summed E-state index contributed by atoms with van der Waals surface area (Å²) < 4.78 is 6.13. The van der Waals surface area contributed by atoms with Crippen molar-refractivity contribution in [2.75, 3.05) is 0 Å². The van der Waals surface area contributed by atoms with Crippen molar-refractivity contribution in [3.8, 4) is 17.6 Å². The number of carbonyl (C=O) groups is 1. The smallest absolute Gasteiger partial charge is 0.163 e. The minimum Gasteiger partial charge on any atom is -0.456 e. The molecule has 0 radical (unpaired) electrons. The van der Waals surface area contributed by atoms with Crippen LogP contribution in [-0.4, -0.2) is 16.9 Å². The molecule has 1 aliphatic heterocycles. The standard InChI is InChI=1S/C27H32N2O2/c1-26(2)15-18(16-27(3,4)29-26)13-23(30)20-11-12-25(22(14-20)19-9-10-19)31-24-8-6-5-7-21(24)17-28/h5-8,11-12,14,18-19,29H,9-10,13,15-16H2,1-4H3. The van der Waals surface area contributed by atoms with E-state index in [0.29, 0.717) is 29.6 Å². The van der Waals surface area contributed by atoms with E-state index in [0.717, 1.165) is 42.6 Å². The number of hydrogen-bond acceptors (Lipinski definition) is 4. The van der Waals surface area contributed by atoms with Gasteiger partial charge < -0.3 is 10.1 Å². The Morgan fingerprint density at radius 3 is 2.39 bits per heavy atom. The van der Waals surface area contributed by atoms with Gasteiger partial charge in [-0.3, -0.25) is 4.79 Å². The van der Waals surface area contributed by atoms with Crippen LogP contribution in [0.5, 0.6) is 11.5 Å². The van der Waals surface area contributed by atoms with Crippen molar-refractivity contribution >= 4 is 5.78 Å². The van der Waals surface area contributed by atoms with Crippen molar-refractivity contribution in [1.29, 1.82) is 5.26 Å². The van der Waals surface area contributed by atoms with E-state index in [9.17, 15) is 10.1 Å². The highest BCUT2D eigenvalue weighted by Gasteiger charge is 2.38. The molecule has 0 unspecified atom stereocenters. The largest absolute Gasteiger partial charge is 0.456 e. The average Bonchev–Trinajstić information content (AvgIpc) is 3.51. The van der Waals surface area contributed by atoms with E-state index < -0.39 is 0 Å².